The molecule has 0 aromatic carbocycles. The van der Waals surface area contributed by atoms with Crippen LogP contribution in [0, 0.1) is 5.92 Å². The molecule has 1 atom stereocenters. The molecule has 0 saturated carbocycles. The Balaban J connectivity index is 2.48. The summed E-state index contributed by atoms with van der Waals surface area (Å²) in [6.45, 7) is 10.1. The Morgan fingerprint density at radius 3 is 2.56 bits per heavy atom. The third-order valence-electron chi connectivity index (χ3n) is 3.38. The molecule has 1 aliphatic rings. The van der Waals surface area contributed by atoms with Crippen LogP contribution in [0.1, 0.15) is 40.5 Å². The SMILES string of the molecule is CC[C@H](C)CC=CC(C)(C)N1C=CN(C)C1. The Labute approximate surface area is 101 Å². The number of hydrogen-bond donors (Lipinski definition) is 0. The average Bonchev–Trinajstić information content (AvgIpc) is 2.65. The van der Waals surface area contributed by atoms with Crippen molar-refractivity contribution in [3.63, 3.8) is 0 Å². The van der Waals surface area contributed by atoms with Gasteiger partial charge in [0.2, 0.25) is 0 Å². The Morgan fingerprint density at radius 1 is 1.38 bits per heavy atom. The van der Waals surface area contributed by atoms with E-state index in [4.69, 9.17) is 0 Å². The molecule has 1 rings (SSSR count). The van der Waals surface area contributed by atoms with Gasteiger partial charge >= 0.3 is 0 Å². The summed E-state index contributed by atoms with van der Waals surface area (Å²) in [4.78, 5) is 4.56. The summed E-state index contributed by atoms with van der Waals surface area (Å²) < 4.78 is 0. The van der Waals surface area contributed by atoms with Gasteiger partial charge in [0, 0.05) is 19.4 Å². The molecule has 0 spiro atoms. The van der Waals surface area contributed by atoms with E-state index in [1.807, 2.05) is 0 Å². The highest BCUT2D eigenvalue weighted by Gasteiger charge is 2.24. The van der Waals surface area contributed by atoms with Gasteiger partial charge in [-0.1, -0.05) is 32.4 Å². The first-order valence-electron chi connectivity index (χ1n) is 6.28. The monoisotopic (exact) mass is 222 g/mol. The zero-order chi connectivity index (χ0) is 12.2. The maximum atomic E-state index is 2.36. The molecule has 0 aromatic rings. The fraction of sp³-hybridized carbons (Fsp3) is 0.714. The zero-order valence-electron chi connectivity index (χ0n) is 11.4. The van der Waals surface area contributed by atoms with E-state index in [-0.39, 0.29) is 5.54 Å². The molecule has 0 aromatic heterocycles. The van der Waals surface area contributed by atoms with Gasteiger partial charge in [-0.25, -0.2) is 0 Å². The van der Waals surface area contributed by atoms with Crippen LogP contribution in [-0.4, -0.2) is 29.1 Å². The second-order valence-corrected chi connectivity index (χ2v) is 5.47. The van der Waals surface area contributed by atoms with E-state index in [1.54, 1.807) is 0 Å². The van der Waals surface area contributed by atoms with E-state index in [0.717, 1.165) is 12.6 Å². The fourth-order valence-electron chi connectivity index (χ4n) is 1.75. The smallest absolute Gasteiger partial charge is 0.0898 e. The van der Waals surface area contributed by atoms with Crippen LogP contribution in [0.3, 0.4) is 0 Å². The lowest BCUT2D eigenvalue weighted by Gasteiger charge is -2.33. The first-order chi connectivity index (χ1) is 7.45. The van der Waals surface area contributed by atoms with Crippen LogP contribution in [-0.2, 0) is 0 Å². The predicted molar refractivity (Wildman–Crippen MR) is 70.9 cm³/mol. The average molecular weight is 222 g/mol. The number of allylic oxidation sites excluding steroid dienone is 1. The summed E-state index contributed by atoms with van der Waals surface area (Å²) in [6, 6.07) is 0. The fourth-order valence-corrected chi connectivity index (χ4v) is 1.75. The molecule has 1 aliphatic heterocycles. The normalized spacial score (nSPS) is 18.8. The summed E-state index contributed by atoms with van der Waals surface area (Å²) >= 11 is 0. The Kier molecular flexibility index (Phi) is 4.45. The summed E-state index contributed by atoms with van der Waals surface area (Å²) in [7, 11) is 2.11. The van der Waals surface area contributed by atoms with Crippen molar-refractivity contribution in [3.8, 4) is 0 Å². The van der Waals surface area contributed by atoms with E-state index >= 15 is 0 Å². The number of nitrogens with zero attached hydrogens (tertiary/aromatic N) is 2. The molecule has 2 heteroatoms. The lowest BCUT2D eigenvalue weighted by Crippen LogP contribution is -2.39. The highest BCUT2D eigenvalue weighted by atomic mass is 15.4. The molecule has 92 valence electrons. The van der Waals surface area contributed by atoms with Crippen LogP contribution < -0.4 is 0 Å². The van der Waals surface area contributed by atoms with Gasteiger partial charge in [0.05, 0.1) is 12.2 Å². The molecule has 0 amide bonds. The molecular weight excluding hydrogens is 196 g/mol. The van der Waals surface area contributed by atoms with Gasteiger partial charge in [0.1, 0.15) is 0 Å². The van der Waals surface area contributed by atoms with Crippen molar-refractivity contribution in [1.29, 1.82) is 0 Å². The molecule has 0 N–H and O–H groups in total. The molecule has 0 radical (unpaired) electrons. The summed E-state index contributed by atoms with van der Waals surface area (Å²) in [5, 5.41) is 0. The third-order valence-corrected chi connectivity index (χ3v) is 3.38. The first-order valence-corrected chi connectivity index (χ1v) is 6.28. The van der Waals surface area contributed by atoms with Crippen molar-refractivity contribution >= 4 is 0 Å². The third kappa shape index (κ3) is 3.58. The van der Waals surface area contributed by atoms with Crippen molar-refractivity contribution in [1.82, 2.24) is 9.80 Å². The minimum Gasteiger partial charge on any atom is -0.362 e. The van der Waals surface area contributed by atoms with Gasteiger partial charge in [-0.05, 0) is 26.2 Å². The molecule has 0 saturated heterocycles. The second kappa shape index (κ2) is 5.42. The van der Waals surface area contributed by atoms with Gasteiger partial charge in [0.25, 0.3) is 0 Å². The predicted octanol–water partition coefficient (Wildman–Crippen LogP) is 3.43. The van der Waals surface area contributed by atoms with E-state index in [9.17, 15) is 0 Å². The van der Waals surface area contributed by atoms with Crippen LogP contribution in [0.2, 0.25) is 0 Å². The molecular formula is C14H26N2. The van der Waals surface area contributed by atoms with Crippen molar-refractivity contribution in [2.24, 2.45) is 5.92 Å². The maximum Gasteiger partial charge on any atom is 0.0898 e. The Hall–Kier alpha value is -0.920. The van der Waals surface area contributed by atoms with E-state index in [1.165, 1.54) is 12.8 Å². The lowest BCUT2D eigenvalue weighted by atomic mass is 9.99. The standard InChI is InChI=1S/C14H26N2/c1-6-13(2)8-7-9-14(3,4)16-11-10-15(5)12-16/h7,9-11,13H,6,8,12H2,1-5H3/t13-/m0/s1. The molecule has 0 bridgehead atoms. The summed E-state index contributed by atoms with van der Waals surface area (Å²) in [5.41, 5.74) is 0.120. The van der Waals surface area contributed by atoms with Gasteiger partial charge < -0.3 is 9.80 Å². The van der Waals surface area contributed by atoms with Crippen LogP contribution in [0.5, 0.6) is 0 Å². The molecule has 0 unspecified atom stereocenters. The highest BCUT2D eigenvalue weighted by molar-refractivity contribution is 5.08. The topological polar surface area (TPSA) is 6.48 Å². The molecule has 2 nitrogen and oxygen atoms in total. The Morgan fingerprint density at radius 2 is 2.06 bits per heavy atom. The van der Waals surface area contributed by atoms with Crippen molar-refractivity contribution in [3.05, 3.63) is 24.6 Å². The van der Waals surface area contributed by atoms with Gasteiger partial charge in [0.15, 0.2) is 0 Å². The number of rotatable bonds is 5. The van der Waals surface area contributed by atoms with Crippen LogP contribution in [0.15, 0.2) is 24.6 Å². The van der Waals surface area contributed by atoms with Crippen LogP contribution in [0.4, 0.5) is 0 Å². The minimum absolute atomic E-state index is 0.120. The van der Waals surface area contributed by atoms with Crippen LogP contribution in [0.25, 0.3) is 0 Å². The first kappa shape index (κ1) is 13.1. The van der Waals surface area contributed by atoms with Crippen molar-refractivity contribution in [2.45, 2.75) is 46.1 Å². The number of hydrogen-bond acceptors (Lipinski definition) is 2. The summed E-state index contributed by atoms with van der Waals surface area (Å²) in [6.07, 6.45) is 11.4. The molecule has 1 heterocycles. The second-order valence-electron chi connectivity index (χ2n) is 5.47. The van der Waals surface area contributed by atoms with Gasteiger partial charge in [-0.15, -0.1) is 0 Å². The highest BCUT2D eigenvalue weighted by Crippen LogP contribution is 2.21. The van der Waals surface area contributed by atoms with Gasteiger partial charge in [-0.3, -0.25) is 0 Å². The van der Waals surface area contributed by atoms with E-state index in [2.05, 4.69) is 69.1 Å². The van der Waals surface area contributed by atoms with E-state index < -0.39 is 0 Å². The quantitative estimate of drug-likeness (QED) is 0.658. The van der Waals surface area contributed by atoms with Crippen molar-refractivity contribution < 1.29 is 0 Å². The zero-order valence-corrected chi connectivity index (χ0v) is 11.4. The minimum atomic E-state index is 0.120. The van der Waals surface area contributed by atoms with E-state index in [0.29, 0.717) is 0 Å². The maximum absolute atomic E-state index is 2.36. The largest absolute Gasteiger partial charge is 0.362 e. The molecule has 0 aliphatic carbocycles. The Bertz CT molecular complexity index is 266. The lowest BCUT2D eigenvalue weighted by molar-refractivity contribution is 0.198. The molecule has 0 fully saturated rings. The van der Waals surface area contributed by atoms with Crippen molar-refractivity contribution in [2.75, 3.05) is 13.7 Å². The van der Waals surface area contributed by atoms with Crippen LogP contribution >= 0.6 is 0 Å². The molecule has 16 heavy (non-hydrogen) atoms. The van der Waals surface area contributed by atoms with Gasteiger partial charge in [-0.2, -0.15) is 0 Å². The summed E-state index contributed by atoms with van der Waals surface area (Å²) in [5.74, 6) is 0.795.